The first-order chi connectivity index (χ1) is 7.77. The molecule has 2 fully saturated rings. The van der Waals surface area contributed by atoms with E-state index in [1.54, 1.807) is 0 Å². The van der Waals surface area contributed by atoms with Crippen LogP contribution in [0.25, 0.3) is 0 Å². The largest absolute Gasteiger partial charge is 0.316 e. The highest BCUT2D eigenvalue weighted by atomic mass is 15.0. The van der Waals surface area contributed by atoms with Crippen LogP contribution in [0.15, 0.2) is 0 Å². The lowest BCUT2D eigenvalue weighted by Gasteiger charge is -2.36. The highest BCUT2D eigenvalue weighted by Crippen LogP contribution is 2.27. The van der Waals surface area contributed by atoms with Crippen molar-refractivity contribution in [3.8, 4) is 0 Å². The van der Waals surface area contributed by atoms with E-state index in [0.717, 1.165) is 23.9 Å². The van der Waals surface area contributed by atoms with E-state index < -0.39 is 0 Å². The van der Waals surface area contributed by atoms with Crippen molar-refractivity contribution in [2.45, 2.75) is 64.5 Å². The van der Waals surface area contributed by atoms with Gasteiger partial charge in [0, 0.05) is 12.1 Å². The molecule has 94 valence electrons. The van der Waals surface area contributed by atoms with E-state index in [-0.39, 0.29) is 0 Å². The van der Waals surface area contributed by atoms with E-state index in [1.807, 2.05) is 0 Å². The van der Waals surface area contributed by atoms with Gasteiger partial charge >= 0.3 is 0 Å². The van der Waals surface area contributed by atoms with Crippen molar-refractivity contribution in [3.05, 3.63) is 0 Å². The van der Waals surface area contributed by atoms with Gasteiger partial charge in [-0.1, -0.05) is 26.2 Å². The molecule has 1 aliphatic heterocycles. The van der Waals surface area contributed by atoms with E-state index in [0.29, 0.717) is 0 Å². The lowest BCUT2D eigenvalue weighted by Crippen LogP contribution is -2.51. The first-order valence-electron chi connectivity index (χ1n) is 7.24. The molecule has 0 radical (unpaired) electrons. The molecule has 1 saturated carbocycles. The van der Waals surface area contributed by atoms with Crippen molar-refractivity contribution in [2.75, 3.05) is 13.1 Å². The number of hydrogen-bond acceptors (Lipinski definition) is 2. The Labute approximate surface area is 101 Å². The SMILES string of the molecule is CC1CNCCC1NC(C)C1CCCCC1. The van der Waals surface area contributed by atoms with Gasteiger partial charge in [0.25, 0.3) is 0 Å². The second-order valence-electron chi connectivity index (χ2n) is 5.93. The summed E-state index contributed by atoms with van der Waals surface area (Å²) in [5, 5.41) is 7.38. The molecule has 3 unspecified atom stereocenters. The van der Waals surface area contributed by atoms with Crippen molar-refractivity contribution in [1.82, 2.24) is 10.6 Å². The molecule has 2 nitrogen and oxygen atoms in total. The molecule has 2 rings (SSSR count). The van der Waals surface area contributed by atoms with Crippen molar-refractivity contribution >= 4 is 0 Å². The lowest BCUT2D eigenvalue weighted by atomic mass is 9.83. The minimum Gasteiger partial charge on any atom is -0.316 e. The number of piperidine rings is 1. The molecule has 0 aromatic rings. The Kier molecular flexibility index (Phi) is 4.66. The van der Waals surface area contributed by atoms with Gasteiger partial charge in [-0.2, -0.15) is 0 Å². The zero-order valence-corrected chi connectivity index (χ0v) is 11.0. The van der Waals surface area contributed by atoms with Crippen LogP contribution < -0.4 is 10.6 Å². The van der Waals surface area contributed by atoms with Gasteiger partial charge in [-0.05, 0) is 51.1 Å². The molecule has 2 heteroatoms. The van der Waals surface area contributed by atoms with Gasteiger partial charge in [0.2, 0.25) is 0 Å². The monoisotopic (exact) mass is 224 g/mol. The topological polar surface area (TPSA) is 24.1 Å². The molecule has 1 heterocycles. The number of rotatable bonds is 3. The highest BCUT2D eigenvalue weighted by molar-refractivity contribution is 4.85. The molecular formula is C14H28N2. The van der Waals surface area contributed by atoms with Crippen LogP contribution in [0.3, 0.4) is 0 Å². The van der Waals surface area contributed by atoms with Gasteiger partial charge in [0.1, 0.15) is 0 Å². The quantitative estimate of drug-likeness (QED) is 0.770. The minimum absolute atomic E-state index is 0.728. The van der Waals surface area contributed by atoms with Crippen LogP contribution in [-0.4, -0.2) is 25.2 Å². The molecule has 1 aliphatic carbocycles. The van der Waals surface area contributed by atoms with Crippen LogP contribution in [0.2, 0.25) is 0 Å². The van der Waals surface area contributed by atoms with Crippen molar-refractivity contribution in [1.29, 1.82) is 0 Å². The Morgan fingerprint density at radius 2 is 1.88 bits per heavy atom. The molecule has 0 aromatic heterocycles. The van der Waals surface area contributed by atoms with Crippen LogP contribution in [0.4, 0.5) is 0 Å². The molecule has 0 spiro atoms. The summed E-state index contributed by atoms with van der Waals surface area (Å²) in [6.45, 7) is 7.16. The highest BCUT2D eigenvalue weighted by Gasteiger charge is 2.26. The Hall–Kier alpha value is -0.0800. The summed E-state index contributed by atoms with van der Waals surface area (Å²) >= 11 is 0. The smallest absolute Gasteiger partial charge is 0.0119 e. The summed E-state index contributed by atoms with van der Waals surface area (Å²) in [7, 11) is 0. The third-order valence-electron chi connectivity index (χ3n) is 4.62. The number of hydrogen-bond donors (Lipinski definition) is 2. The van der Waals surface area contributed by atoms with E-state index >= 15 is 0 Å². The average Bonchev–Trinajstić information content (AvgIpc) is 2.33. The van der Waals surface area contributed by atoms with E-state index in [2.05, 4.69) is 24.5 Å². The summed E-state index contributed by atoms with van der Waals surface area (Å²) in [6, 6.07) is 1.48. The van der Waals surface area contributed by atoms with E-state index in [9.17, 15) is 0 Å². The van der Waals surface area contributed by atoms with Gasteiger partial charge in [-0.25, -0.2) is 0 Å². The van der Waals surface area contributed by atoms with Crippen molar-refractivity contribution in [2.24, 2.45) is 11.8 Å². The predicted octanol–water partition coefficient (Wildman–Crippen LogP) is 2.54. The molecule has 1 saturated heterocycles. The van der Waals surface area contributed by atoms with Gasteiger partial charge in [-0.15, -0.1) is 0 Å². The maximum Gasteiger partial charge on any atom is 0.0119 e. The second kappa shape index (κ2) is 6.02. The van der Waals surface area contributed by atoms with Gasteiger partial charge in [0.05, 0.1) is 0 Å². The molecule has 0 amide bonds. The maximum absolute atomic E-state index is 3.90. The zero-order valence-electron chi connectivity index (χ0n) is 11.0. The Morgan fingerprint density at radius 3 is 2.56 bits per heavy atom. The molecule has 2 N–H and O–H groups in total. The fourth-order valence-electron chi connectivity index (χ4n) is 3.37. The van der Waals surface area contributed by atoms with E-state index in [1.165, 1.54) is 51.6 Å². The predicted molar refractivity (Wildman–Crippen MR) is 69.6 cm³/mol. The second-order valence-corrected chi connectivity index (χ2v) is 5.93. The molecule has 3 atom stereocenters. The molecule has 16 heavy (non-hydrogen) atoms. The van der Waals surface area contributed by atoms with Crippen LogP contribution in [-0.2, 0) is 0 Å². The first kappa shape index (κ1) is 12.4. The fraction of sp³-hybridized carbons (Fsp3) is 1.00. The summed E-state index contributed by atoms with van der Waals surface area (Å²) in [5.74, 6) is 1.73. The summed E-state index contributed by atoms with van der Waals surface area (Å²) < 4.78 is 0. The van der Waals surface area contributed by atoms with Crippen molar-refractivity contribution in [3.63, 3.8) is 0 Å². The molecule has 0 bridgehead atoms. The molecule has 2 aliphatic rings. The van der Waals surface area contributed by atoms with Crippen LogP contribution >= 0.6 is 0 Å². The Balaban J connectivity index is 1.78. The zero-order chi connectivity index (χ0) is 11.4. The molecule has 0 aromatic carbocycles. The first-order valence-corrected chi connectivity index (χ1v) is 7.24. The van der Waals surface area contributed by atoms with Crippen LogP contribution in [0, 0.1) is 11.8 Å². The van der Waals surface area contributed by atoms with Crippen LogP contribution in [0.5, 0.6) is 0 Å². The summed E-state index contributed by atoms with van der Waals surface area (Å²) in [6.07, 6.45) is 8.59. The maximum atomic E-state index is 3.90. The lowest BCUT2D eigenvalue weighted by molar-refractivity contribution is 0.217. The Morgan fingerprint density at radius 1 is 1.12 bits per heavy atom. The third kappa shape index (κ3) is 3.21. The fourth-order valence-corrected chi connectivity index (χ4v) is 3.37. The van der Waals surface area contributed by atoms with Crippen LogP contribution in [0.1, 0.15) is 52.4 Å². The third-order valence-corrected chi connectivity index (χ3v) is 4.62. The standard InChI is InChI=1S/C14H28N2/c1-11-10-15-9-8-14(11)16-12(2)13-6-4-3-5-7-13/h11-16H,3-10H2,1-2H3. The van der Waals surface area contributed by atoms with Gasteiger partial charge in [0.15, 0.2) is 0 Å². The molecular weight excluding hydrogens is 196 g/mol. The normalized spacial score (nSPS) is 34.9. The van der Waals surface area contributed by atoms with Crippen molar-refractivity contribution < 1.29 is 0 Å². The van der Waals surface area contributed by atoms with Gasteiger partial charge in [-0.3, -0.25) is 0 Å². The average molecular weight is 224 g/mol. The Bertz CT molecular complexity index is 199. The summed E-state index contributed by atoms with van der Waals surface area (Å²) in [4.78, 5) is 0. The van der Waals surface area contributed by atoms with Gasteiger partial charge < -0.3 is 10.6 Å². The number of nitrogens with one attached hydrogen (secondary N) is 2. The van der Waals surface area contributed by atoms with E-state index in [4.69, 9.17) is 0 Å². The minimum atomic E-state index is 0.728. The summed E-state index contributed by atoms with van der Waals surface area (Å²) in [5.41, 5.74) is 0.